The molecule has 0 radical (unpaired) electrons. The van der Waals surface area contributed by atoms with Crippen LogP contribution in [0.15, 0.2) is 24.4 Å². The Kier molecular flexibility index (Phi) is 4.33. The third kappa shape index (κ3) is 2.89. The molecule has 0 saturated carbocycles. The maximum atomic E-state index is 6.25. The Morgan fingerprint density at radius 2 is 2.22 bits per heavy atom. The predicted molar refractivity (Wildman–Crippen MR) is 73.1 cm³/mol. The van der Waals surface area contributed by atoms with Gasteiger partial charge in [-0.05, 0) is 37.6 Å². The van der Waals surface area contributed by atoms with Gasteiger partial charge >= 0.3 is 0 Å². The molecular formula is C13H17ClN4. The Morgan fingerprint density at radius 3 is 2.94 bits per heavy atom. The van der Waals surface area contributed by atoms with Gasteiger partial charge in [0.2, 0.25) is 0 Å². The molecule has 0 aliphatic heterocycles. The highest BCUT2D eigenvalue weighted by Crippen LogP contribution is 2.21. The van der Waals surface area contributed by atoms with E-state index < -0.39 is 0 Å². The van der Waals surface area contributed by atoms with E-state index in [0.29, 0.717) is 5.02 Å². The predicted octanol–water partition coefficient (Wildman–Crippen LogP) is 2.73. The molecule has 96 valence electrons. The van der Waals surface area contributed by atoms with Crippen LogP contribution in [0.4, 0.5) is 0 Å². The van der Waals surface area contributed by atoms with E-state index in [1.54, 1.807) is 10.9 Å². The molecule has 2 aromatic rings. The first-order valence-corrected chi connectivity index (χ1v) is 6.47. The molecule has 5 heteroatoms. The normalized spacial score (nSPS) is 10.8. The third-order valence-corrected chi connectivity index (χ3v) is 2.99. The summed E-state index contributed by atoms with van der Waals surface area (Å²) >= 11 is 6.25. The summed E-state index contributed by atoms with van der Waals surface area (Å²) < 4.78 is 1.78. The average Bonchev–Trinajstić information content (AvgIpc) is 2.78. The van der Waals surface area contributed by atoms with Crippen LogP contribution in [0, 0.1) is 6.92 Å². The number of nitrogens with one attached hydrogen (secondary N) is 1. The highest BCUT2D eigenvalue weighted by atomic mass is 35.5. The lowest BCUT2D eigenvalue weighted by molar-refractivity contribution is 0.641. The van der Waals surface area contributed by atoms with Gasteiger partial charge in [-0.15, -0.1) is 5.10 Å². The number of aromatic nitrogens is 3. The Balaban J connectivity index is 2.25. The number of nitrogens with zero attached hydrogens (tertiary/aromatic N) is 3. The molecule has 0 atom stereocenters. The maximum Gasteiger partial charge on any atom is 0.0853 e. The van der Waals surface area contributed by atoms with Crippen LogP contribution in [0.2, 0.25) is 5.02 Å². The second-order valence-electron chi connectivity index (χ2n) is 4.27. The zero-order chi connectivity index (χ0) is 13.0. The van der Waals surface area contributed by atoms with Gasteiger partial charge in [-0.25, -0.2) is 4.68 Å². The molecule has 0 amide bonds. The van der Waals surface area contributed by atoms with Gasteiger partial charge in [-0.1, -0.05) is 29.8 Å². The van der Waals surface area contributed by atoms with E-state index in [0.717, 1.165) is 36.5 Å². The number of aryl methyl sites for hydroxylation is 1. The summed E-state index contributed by atoms with van der Waals surface area (Å²) in [5.41, 5.74) is 3.01. The number of benzene rings is 1. The monoisotopic (exact) mass is 264 g/mol. The summed E-state index contributed by atoms with van der Waals surface area (Å²) in [6.07, 6.45) is 2.87. The van der Waals surface area contributed by atoms with Gasteiger partial charge in [-0.3, -0.25) is 0 Å². The van der Waals surface area contributed by atoms with Crippen molar-refractivity contribution in [3.8, 4) is 5.69 Å². The largest absolute Gasteiger partial charge is 0.311 e. The molecule has 0 bridgehead atoms. The lowest BCUT2D eigenvalue weighted by Gasteiger charge is -2.09. The van der Waals surface area contributed by atoms with Crippen LogP contribution in [0.3, 0.4) is 0 Å². The Bertz CT molecular complexity index is 521. The first kappa shape index (κ1) is 13.1. The van der Waals surface area contributed by atoms with Crippen molar-refractivity contribution in [2.45, 2.75) is 26.8 Å². The fraction of sp³-hybridized carbons (Fsp3) is 0.385. The number of halogens is 1. The summed E-state index contributed by atoms with van der Waals surface area (Å²) in [5, 5.41) is 12.1. The van der Waals surface area contributed by atoms with E-state index in [2.05, 4.69) is 22.6 Å². The summed E-state index contributed by atoms with van der Waals surface area (Å²) in [7, 11) is 0. The third-order valence-electron chi connectivity index (χ3n) is 2.68. The highest BCUT2D eigenvalue weighted by Gasteiger charge is 2.09. The molecule has 0 unspecified atom stereocenters. The fourth-order valence-corrected chi connectivity index (χ4v) is 2.07. The highest BCUT2D eigenvalue weighted by molar-refractivity contribution is 6.32. The van der Waals surface area contributed by atoms with Crippen molar-refractivity contribution in [1.29, 1.82) is 0 Å². The molecule has 1 aromatic heterocycles. The van der Waals surface area contributed by atoms with Crippen LogP contribution in [0.5, 0.6) is 0 Å². The van der Waals surface area contributed by atoms with Crippen molar-refractivity contribution in [3.63, 3.8) is 0 Å². The lowest BCUT2D eigenvalue weighted by atomic mass is 10.2. The first-order valence-electron chi connectivity index (χ1n) is 6.09. The molecule has 4 nitrogen and oxygen atoms in total. The molecule has 1 N–H and O–H groups in total. The van der Waals surface area contributed by atoms with Crippen LogP contribution in [-0.4, -0.2) is 21.5 Å². The van der Waals surface area contributed by atoms with E-state index in [-0.39, 0.29) is 0 Å². The molecule has 18 heavy (non-hydrogen) atoms. The van der Waals surface area contributed by atoms with Crippen molar-refractivity contribution in [1.82, 2.24) is 20.3 Å². The molecule has 0 aliphatic carbocycles. The van der Waals surface area contributed by atoms with Crippen molar-refractivity contribution in [3.05, 3.63) is 40.7 Å². The second kappa shape index (κ2) is 5.98. The standard InChI is InChI=1S/C13H17ClN4/c1-3-6-15-8-11-9-16-17-18(11)13-5-4-10(2)7-12(13)14/h4-5,7,9,15H,3,6,8H2,1-2H3. The smallest absolute Gasteiger partial charge is 0.0853 e. The van der Waals surface area contributed by atoms with Gasteiger partial charge in [0, 0.05) is 6.54 Å². The fourth-order valence-electron chi connectivity index (χ4n) is 1.76. The Labute approximate surface area is 112 Å². The minimum atomic E-state index is 0.692. The van der Waals surface area contributed by atoms with Gasteiger partial charge in [0.05, 0.1) is 22.6 Å². The summed E-state index contributed by atoms with van der Waals surface area (Å²) in [4.78, 5) is 0. The number of hydrogen-bond acceptors (Lipinski definition) is 3. The Morgan fingerprint density at radius 1 is 1.39 bits per heavy atom. The average molecular weight is 265 g/mol. The second-order valence-corrected chi connectivity index (χ2v) is 4.68. The Hall–Kier alpha value is -1.39. The number of rotatable bonds is 5. The van der Waals surface area contributed by atoms with E-state index in [4.69, 9.17) is 11.6 Å². The molecule has 0 fully saturated rings. The molecule has 2 rings (SSSR count). The van der Waals surface area contributed by atoms with E-state index >= 15 is 0 Å². The summed E-state index contributed by atoms with van der Waals surface area (Å²) in [6, 6.07) is 5.92. The SMILES string of the molecule is CCCNCc1cnnn1-c1ccc(C)cc1Cl. The van der Waals surface area contributed by atoms with Gasteiger partial charge in [0.15, 0.2) is 0 Å². The number of hydrogen-bond donors (Lipinski definition) is 1. The van der Waals surface area contributed by atoms with Gasteiger partial charge in [-0.2, -0.15) is 0 Å². The van der Waals surface area contributed by atoms with Crippen molar-refractivity contribution in [2.24, 2.45) is 0 Å². The minimum Gasteiger partial charge on any atom is -0.311 e. The zero-order valence-electron chi connectivity index (χ0n) is 10.7. The quantitative estimate of drug-likeness (QED) is 0.845. The summed E-state index contributed by atoms with van der Waals surface area (Å²) in [6.45, 7) is 5.87. The minimum absolute atomic E-state index is 0.692. The van der Waals surface area contributed by atoms with Crippen LogP contribution in [0.25, 0.3) is 5.69 Å². The van der Waals surface area contributed by atoms with Gasteiger partial charge < -0.3 is 5.32 Å². The topological polar surface area (TPSA) is 42.7 Å². The van der Waals surface area contributed by atoms with Crippen LogP contribution < -0.4 is 5.32 Å². The van der Waals surface area contributed by atoms with Crippen molar-refractivity contribution >= 4 is 11.6 Å². The summed E-state index contributed by atoms with van der Waals surface area (Å²) in [5.74, 6) is 0. The molecule has 0 spiro atoms. The maximum absolute atomic E-state index is 6.25. The lowest BCUT2D eigenvalue weighted by Crippen LogP contribution is -2.16. The van der Waals surface area contributed by atoms with Crippen LogP contribution >= 0.6 is 11.6 Å². The van der Waals surface area contributed by atoms with Crippen LogP contribution in [-0.2, 0) is 6.54 Å². The molecule has 1 aromatic carbocycles. The van der Waals surface area contributed by atoms with E-state index in [1.807, 2.05) is 25.1 Å². The van der Waals surface area contributed by atoms with Gasteiger partial charge in [0.25, 0.3) is 0 Å². The zero-order valence-corrected chi connectivity index (χ0v) is 11.4. The first-order chi connectivity index (χ1) is 8.72. The molecule has 1 heterocycles. The molecule has 0 aliphatic rings. The van der Waals surface area contributed by atoms with Gasteiger partial charge in [0.1, 0.15) is 0 Å². The van der Waals surface area contributed by atoms with Crippen molar-refractivity contribution < 1.29 is 0 Å². The molecular weight excluding hydrogens is 248 g/mol. The van der Waals surface area contributed by atoms with E-state index in [1.165, 1.54) is 0 Å². The van der Waals surface area contributed by atoms with Crippen LogP contribution in [0.1, 0.15) is 24.6 Å². The van der Waals surface area contributed by atoms with E-state index in [9.17, 15) is 0 Å². The van der Waals surface area contributed by atoms with Crippen molar-refractivity contribution in [2.75, 3.05) is 6.54 Å². The molecule has 0 saturated heterocycles.